The largest absolute Gasteiger partial charge is 0.457 e. The van der Waals surface area contributed by atoms with Crippen LogP contribution in [0.3, 0.4) is 0 Å². The number of furan rings is 1. The molecule has 0 spiro atoms. The minimum Gasteiger partial charge on any atom is -0.457 e. The number of benzene rings is 1. The van der Waals surface area contributed by atoms with Gasteiger partial charge in [-0.25, -0.2) is 4.98 Å². The molecule has 0 aliphatic carbocycles. The first-order valence-corrected chi connectivity index (χ1v) is 8.08. The molecule has 1 aromatic carbocycles. The zero-order valence-corrected chi connectivity index (χ0v) is 13.7. The summed E-state index contributed by atoms with van der Waals surface area (Å²) in [4.78, 5) is 16.7. The highest BCUT2D eigenvalue weighted by Crippen LogP contribution is 2.31. The van der Waals surface area contributed by atoms with E-state index in [2.05, 4.69) is 10.1 Å². The minimum absolute atomic E-state index is 0.221. The molecule has 0 amide bonds. The second-order valence-electron chi connectivity index (χ2n) is 4.70. The molecular weight excluding hydrogens is 357 g/mol. The van der Waals surface area contributed by atoms with Gasteiger partial charge in [-0.05, 0) is 30.3 Å². The third-order valence-corrected chi connectivity index (χ3v) is 4.75. The van der Waals surface area contributed by atoms with Crippen molar-refractivity contribution in [2.45, 2.75) is 0 Å². The standard InChI is InChI=1S/C15H7Cl2N3O2S/c16-8-1-3-11(17)10(5-8)12-4-2-9(22-12)6-13-14(21)20-15(23-13)18-7-19-20/h1-7H/b13-6-. The van der Waals surface area contributed by atoms with E-state index in [1.54, 1.807) is 36.4 Å². The quantitative estimate of drug-likeness (QED) is 0.548. The van der Waals surface area contributed by atoms with Gasteiger partial charge in [0.2, 0.25) is 4.96 Å². The summed E-state index contributed by atoms with van der Waals surface area (Å²) >= 11 is 13.4. The van der Waals surface area contributed by atoms with Crippen LogP contribution in [-0.2, 0) is 0 Å². The van der Waals surface area contributed by atoms with Crippen LogP contribution in [0.4, 0.5) is 0 Å². The summed E-state index contributed by atoms with van der Waals surface area (Å²) < 4.78 is 7.51. The molecule has 0 saturated heterocycles. The number of nitrogens with zero attached hydrogens (tertiary/aromatic N) is 3. The predicted molar refractivity (Wildman–Crippen MR) is 90.1 cm³/mol. The molecule has 23 heavy (non-hydrogen) atoms. The maximum atomic E-state index is 12.1. The normalized spacial score (nSPS) is 12.3. The van der Waals surface area contributed by atoms with Crippen molar-refractivity contribution in [1.29, 1.82) is 0 Å². The molecule has 8 heteroatoms. The van der Waals surface area contributed by atoms with Gasteiger partial charge in [0, 0.05) is 16.7 Å². The van der Waals surface area contributed by atoms with Gasteiger partial charge in [-0.15, -0.1) is 0 Å². The molecule has 0 bridgehead atoms. The molecule has 114 valence electrons. The van der Waals surface area contributed by atoms with Gasteiger partial charge in [-0.3, -0.25) is 4.79 Å². The van der Waals surface area contributed by atoms with Gasteiger partial charge in [0.05, 0.1) is 5.02 Å². The molecule has 3 aromatic heterocycles. The smallest absolute Gasteiger partial charge is 0.291 e. The van der Waals surface area contributed by atoms with Crippen LogP contribution in [-0.4, -0.2) is 14.6 Å². The zero-order valence-electron chi connectivity index (χ0n) is 11.4. The molecule has 0 atom stereocenters. The van der Waals surface area contributed by atoms with Gasteiger partial charge < -0.3 is 4.42 Å². The highest BCUT2D eigenvalue weighted by atomic mass is 35.5. The third kappa shape index (κ3) is 2.55. The van der Waals surface area contributed by atoms with Crippen LogP contribution in [0.15, 0.2) is 45.9 Å². The lowest BCUT2D eigenvalue weighted by molar-refractivity contribution is 0.571. The second-order valence-corrected chi connectivity index (χ2v) is 6.55. The number of hydrogen-bond donors (Lipinski definition) is 0. The van der Waals surface area contributed by atoms with E-state index in [1.807, 2.05) is 0 Å². The molecule has 0 aliphatic heterocycles. The molecular formula is C15H7Cl2N3O2S. The molecule has 0 saturated carbocycles. The van der Waals surface area contributed by atoms with Crippen molar-refractivity contribution in [2.75, 3.05) is 0 Å². The van der Waals surface area contributed by atoms with Gasteiger partial charge in [-0.2, -0.15) is 9.61 Å². The highest BCUT2D eigenvalue weighted by Gasteiger charge is 2.10. The molecule has 4 aromatic rings. The van der Waals surface area contributed by atoms with Gasteiger partial charge in [0.1, 0.15) is 22.4 Å². The van der Waals surface area contributed by atoms with Crippen LogP contribution in [0, 0.1) is 0 Å². The van der Waals surface area contributed by atoms with E-state index in [0.29, 0.717) is 36.6 Å². The molecule has 0 aliphatic rings. The minimum atomic E-state index is -0.221. The molecule has 4 rings (SSSR count). The average molecular weight is 364 g/mol. The van der Waals surface area contributed by atoms with Crippen LogP contribution in [0.2, 0.25) is 10.0 Å². The second kappa shape index (κ2) is 5.49. The van der Waals surface area contributed by atoms with E-state index in [-0.39, 0.29) is 5.56 Å². The van der Waals surface area contributed by atoms with Crippen molar-refractivity contribution in [3.63, 3.8) is 0 Å². The zero-order chi connectivity index (χ0) is 16.0. The Hall–Kier alpha value is -2.15. The first kappa shape index (κ1) is 14.4. The van der Waals surface area contributed by atoms with Crippen LogP contribution in [0.25, 0.3) is 22.4 Å². The summed E-state index contributed by atoms with van der Waals surface area (Å²) in [7, 11) is 0. The lowest BCUT2D eigenvalue weighted by Crippen LogP contribution is -2.23. The topological polar surface area (TPSA) is 60.4 Å². The fourth-order valence-corrected chi connectivity index (χ4v) is 3.41. The molecule has 3 heterocycles. The van der Waals surface area contributed by atoms with Gasteiger partial charge >= 0.3 is 0 Å². The van der Waals surface area contributed by atoms with Crippen LogP contribution in [0.1, 0.15) is 5.76 Å². The Bertz CT molecular complexity index is 1130. The maximum absolute atomic E-state index is 12.1. The van der Waals surface area contributed by atoms with E-state index in [4.69, 9.17) is 27.6 Å². The third-order valence-electron chi connectivity index (χ3n) is 3.21. The molecule has 0 fully saturated rings. The van der Waals surface area contributed by atoms with E-state index in [1.165, 1.54) is 22.2 Å². The predicted octanol–water partition coefficient (Wildman–Crippen LogP) is 3.27. The Kier molecular flexibility index (Phi) is 3.45. The number of fused-ring (bicyclic) bond motifs is 1. The van der Waals surface area contributed by atoms with E-state index < -0.39 is 0 Å². The Labute approximate surface area is 143 Å². The number of halogens is 2. The van der Waals surface area contributed by atoms with Crippen molar-refractivity contribution in [3.05, 3.63) is 67.4 Å². The fraction of sp³-hybridized carbons (Fsp3) is 0. The van der Waals surface area contributed by atoms with Gasteiger partial charge in [0.25, 0.3) is 5.56 Å². The lowest BCUT2D eigenvalue weighted by atomic mass is 10.2. The van der Waals surface area contributed by atoms with Crippen LogP contribution in [0.5, 0.6) is 0 Å². The van der Waals surface area contributed by atoms with Crippen LogP contribution < -0.4 is 10.1 Å². The number of thiazole rings is 1. The van der Waals surface area contributed by atoms with Crippen molar-refractivity contribution >= 4 is 45.6 Å². The van der Waals surface area contributed by atoms with Crippen molar-refractivity contribution < 1.29 is 4.42 Å². The monoisotopic (exact) mass is 363 g/mol. The van der Waals surface area contributed by atoms with Gasteiger partial charge in [-0.1, -0.05) is 34.5 Å². The number of rotatable bonds is 2. The number of hydrogen-bond acceptors (Lipinski definition) is 5. The van der Waals surface area contributed by atoms with E-state index >= 15 is 0 Å². The molecule has 0 radical (unpaired) electrons. The Morgan fingerprint density at radius 1 is 1.22 bits per heavy atom. The van der Waals surface area contributed by atoms with Gasteiger partial charge in [0.15, 0.2) is 0 Å². The summed E-state index contributed by atoms with van der Waals surface area (Å²) in [6.07, 6.45) is 3.01. The summed E-state index contributed by atoms with van der Waals surface area (Å²) in [6, 6.07) is 8.70. The summed E-state index contributed by atoms with van der Waals surface area (Å²) in [5, 5.41) is 4.98. The fourth-order valence-electron chi connectivity index (χ4n) is 2.17. The lowest BCUT2D eigenvalue weighted by Gasteiger charge is -2.00. The van der Waals surface area contributed by atoms with Crippen molar-refractivity contribution in [2.24, 2.45) is 0 Å². The Morgan fingerprint density at radius 3 is 2.91 bits per heavy atom. The summed E-state index contributed by atoms with van der Waals surface area (Å²) in [6.45, 7) is 0. The average Bonchev–Trinajstić information content (AvgIpc) is 3.22. The first-order valence-electron chi connectivity index (χ1n) is 6.51. The van der Waals surface area contributed by atoms with E-state index in [0.717, 1.165) is 0 Å². The van der Waals surface area contributed by atoms with E-state index in [9.17, 15) is 4.79 Å². The highest BCUT2D eigenvalue weighted by molar-refractivity contribution is 7.15. The number of aromatic nitrogens is 3. The molecule has 0 N–H and O–H groups in total. The summed E-state index contributed by atoms with van der Waals surface area (Å²) in [5.74, 6) is 1.12. The SMILES string of the molecule is O=c1/c(=C/c2ccc(-c3cc(Cl)ccc3Cl)o2)sc2ncnn12. The Morgan fingerprint density at radius 2 is 2.09 bits per heavy atom. The molecule has 5 nitrogen and oxygen atoms in total. The first-order chi connectivity index (χ1) is 11.1. The summed E-state index contributed by atoms with van der Waals surface area (Å²) in [5.41, 5.74) is 0.477. The Balaban J connectivity index is 1.80. The molecule has 0 unspecified atom stereocenters. The van der Waals surface area contributed by atoms with Crippen molar-refractivity contribution in [1.82, 2.24) is 14.6 Å². The van der Waals surface area contributed by atoms with Crippen molar-refractivity contribution in [3.8, 4) is 11.3 Å². The maximum Gasteiger partial charge on any atom is 0.291 e. The van der Waals surface area contributed by atoms with Crippen LogP contribution >= 0.6 is 34.5 Å².